The monoisotopic (exact) mass is 351 g/mol. The van der Waals surface area contributed by atoms with E-state index < -0.39 is 18.0 Å². The molecule has 0 fully saturated rings. The zero-order chi connectivity index (χ0) is 14.1. The number of hydrogen-bond donors (Lipinski definition) is 1. The molecule has 0 saturated carbocycles. The summed E-state index contributed by atoms with van der Waals surface area (Å²) in [5.74, 6) is -7.95. The highest BCUT2D eigenvalue weighted by Gasteiger charge is 2.63. The van der Waals surface area contributed by atoms with Crippen LogP contribution in [0.4, 0.5) is 27.6 Å². The second-order valence-electron chi connectivity index (χ2n) is 3.15. The van der Waals surface area contributed by atoms with Crippen LogP contribution in [-0.2, 0) is 4.79 Å². The first-order valence-corrected chi connectivity index (χ1v) is 5.44. The van der Waals surface area contributed by atoms with Crippen LogP contribution in [0.15, 0.2) is 22.7 Å². The van der Waals surface area contributed by atoms with E-state index in [-0.39, 0.29) is 15.2 Å². The van der Waals surface area contributed by atoms with Crippen molar-refractivity contribution in [2.75, 3.05) is 5.32 Å². The van der Waals surface area contributed by atoms with Crippen LogP contribution >= 0.6 is 27.5 Å². The van der Waals surface area contributed by atoms with Gasteiger partial charge in [-0.25, -0.2) is 0 Å². The summed E-state index contributed by atoms with van der Waals surface area (Å²) in [7, 11) is 0. The summed E-state index contributed by atoms with van der Waals surface area (Å²) < 4.78 is 61.2. The number of hydrogen-bond acceptors (Lipinski definition) is 1. The second kappa shape index (κ2) is 5.00. The van der Waals surface area contributed by atoms with Crippen molar-refractivity contribution in [1.29, 1.82) is 0 Å². The Labute approximate surface area is 111 Å². The third-order valence-corrected chi connectivity index (χ3v) is 2.74. The molecule has 0 saturated heterocycles. The van der Waals surface area contributed by atoms with Crippen LogP contribution in [0.2, 0.25) is 5.02 Å². The van der Waals surface area contributed by atoms with E-state index in [0.717, 1.165) is 6.07 Å². The van der Waals surface area contributed by atoms with Gasteiger partial charge >= 0.3 is 18.0 Å². The third-order valence-electron chi connectivity index (χ3n) is 1.82. The zero-order valence-electron chi connectivity index (χ0n) is 8.29. The highest BCUT2D eigenvalue weighted by Crippen LogP contribution is 2.37. The van der Waals surface area contributed by atoms with Gasteiger partial charge in [0.2, 0.25) is 0 Å². The van der Waals surface area contributed by atoms with E-state index >= 15 is 0 Å². The van der Waals surface area contributed by atoms with Crippen molar-refractivity contribution in [2.24, 2.45) is 0 Å². The number of rotatable bonds is 2. The number of benzene rings is 1. The molecule has 0 bridgehead atoms. The molecule has 0 heterocycles. The standard InChI is InChI=1S/C9H4BrClF5NO/c10-5-2-1-4(11)3-6(5)17-7(18)8(12,13)9(14,15)16/h1-3H,(H,17,18). The number of carbonyl (C=O) groups excluding carboxylic acids is 1. The summed E-state index contributed by atoms with van der Waals surface area (Å²) in [5, 5.41) is 1.53. The molecule has 1 N–H and O–H groups in total. The summed E-state index contributed by atoms with van der Waals surface area (Å²) in [6.45, 7) is 0. The normalized spacial score (nSPS) is 12.4. The highest BCUT2D eigenvalue weighted by molar-refractivity contribution is 9.10. The number of halogens is 7. The van der Waals surface area contributed by atoms with E-state index in [1.807, 2.05) is 0 Å². The van der Waals surface area contributed by atoms with E-state index in [9.17, 15) is 26.7 Å². The lowest BCUT2D eigenvalue weighted by atomic mass is 10.2. The Morgan fingerprint density at radius 3 is 2.28 bits per heavy atom. The lowest BCUT2D eigenvalue weighted by Crippen LogP contribution is -2.47. The highest BCUT2D eigenvalue weighted by atomic mass is 79.9. The van der Waals surface area contributed by atoms with E-state index in [1.165, 1.54) is 17.4 Å². The average Bonchev–Trinajstić information content (AvgIpc) is 2.21. The Kier molecular flexibility index (Phi) is 4.22. The predicted molar refractivity (Wildman–Crippen MR) is 58.8 cm³/mol. The van der Waals surface area contributed by atoms with Crippen LogP contribution in [0.25, 0.3) is 0 Å². The van der Waals surface area contributed by atoms with E-state index in [0.29, 0.717) is 0 Å². The summed E-state index contributed by atoms with van der Waals surface area (Å²) in [5.41, 5.74) is -0.281. The maximum atomic E-state index is 12.7. The third kappa shape index (κ3) is 3.11. The molecule has 18 heavy (non-hydrogen) atoms. The Balaban J connectivity index is 2.98. The topological polar surface area (TPSA) is 29.1 Å². The van der Waals surface area contributed by atoms with Gasteiger partial charge in [0.15, 0.2) is 0 Å². The minimum Gasteiger partial charge on any atom is -0.319 e. The number of alkyl halides is 5. The minimum absolute atomic E-state index is 0.0730. The Bertz CT molecular complexity index is 477. The van der Waals surface area contributed by atoms with Gasteiger partial charge in [0.05, 0.1) is 5.69 Å². The Morgan fingerprint density at radius 1 is 1.22 bits per heavy atom. The van der Waals surface area contributed by atoms with Gasteiger partial charge < -0.3 is 5.32 Å². The largest absolute Gasteiger partial charge is 0.463 e. The van der Waals surface area contributed by atoms with E-state index in [2.05, 4.69) is 15.9 Å². The van der Waals surface area contributed by atoms with Crippen molar-refractivity contribution in [2.45, 2.75) is 12.1 Å². The quantitative estimate of drug-likeness (QED) is 0.793. The van der Waals surface area contributed by atoms with Crippen molar-refractivity contribution in [3.8, 4) is 0 Å². The van der Waals surface area contributed by atoms with Crippen molar-refractivity contribution in [1.82, 2.24) is 0 Å². The molecule has 100 valence electrons. The van der Waals surface area contributed by atoms with Gasteiger partial charge in [0.25, 0.3) is 0 Å². The second-order valence-corrected chi connectivity index (χ2v) is 4.44. The molecule has 0 aliphatic heterocycles. The molecule has 1 aromatic carbocycles. The first-order valence-electron chi connectivity index (χ1n) is 4.27. The van der Waals surface area contributed by atoms with Gasteiger partial charge in [-0.2, -0.15) is 22.0 Å². The predicted octanol–water partition coefficient (Wildman–Crippen LogP) is 4.24. The first kappa shape index (κ1) is 15.2. The maximum Gasteiger partial charge on any atom is 0.463 e. The van der Waals surface area contributed by atoms with Crippen molar-refractivity contribution < 1.29 is 26.7 Å². The molecule has 0 aliphatic carbocycles. The fraction of sp³-hybridized carbons (Fsp3) is 0.222. The van der Waals surface area contributed by atoms with Gasteiger partial charge in [0.1, 0.15) is 0 Å². The summed E-state index contributed by atoms with van der Waals surface area (Å²) >= 11 is 8.40. The SMILES string of the molecule is O=C(Nc1cc(Cl)ccc1Br)C(F)(F)C(F)(F)F. The Hall–Kier alpha value is -0.890. The van der Waals surface area contributed by atoms with E-state index in [4.69, 9.17) is 11.6 Å². The van der Waals surface area contributed by atoms with Crippen LogP contribution in [0.3, 0.4) is 0 Å². The lowest BCUT2D eigenvalue weighted by molar-refractivity contribution is -0.267. The van der Waals surface area contributed by atoms with Crippen LogP contribution in [0.1, 0.15) is 0 Å². The smallest absolute Gasteiger partial charge is 0.319 e. The lowest BCUT2D eigenvalue weighted by Gasteiger charge is -2.19. The molecule has 2 nitrogen and oxygen atoms in total. The zero-order valence-corrected chi connectivity index (χ0v) is 10.6. The van der Waals surface area contributed by atoms with Gasteiger partial charge in [-0.05, 0) is 34.1 Å². The molecular weight excluding hydrogens is 348 g/mol. The summed E-state index contributed by atoms with van der Waals surface area (Å²) in [4.78, 5) is 10.9. The van der Waals surface area contributed by atoms with Gasteiger partial charge in [0, 0.05) is 9.50 Å². The van der Waals surface area contributed by atoms with Gasteiger partial charge in [-0.3, -0.25) is 4.79 Å². The molecule has 0 aromatic heterocycles. The molecule has 1 rings (SSSR count). The molecule has 0 spiro atoms. The maximum absolute atomic E-state index is 12.7. The summed E-state index contributed by atoms with van der Waals surface area (Å²) in [6.07, 6.45) is -5.96. The molecule has 9 heteroatoms. The molecule has 0 atom stereocenters. The van der Waals surface area contributed by atoms with Crippen molar-refractivity contribution >= 4 is 39.1 Å². The minimum atomic E-state index is -5.96. The fourth-order valence-electron chi connectivity index (χ4n) is 0.923. The van der Waals surface area contributed by atoms with Gasteiger partial charge in [-0.1, -0.05) is 11.6 Å². The molecule has 1 amide bonds. The molecule has 0 unspecified atom stereocenters. The average molecular weight is 352 g/mol. The van der Waals surface area contributed by atoms with Crippen LogP contribution in [0.5, 0.6) is 0 Å². The van der Waals surface area contributed by atoms with Crippen molar-refractivity contribution in [3.05, 3.63) is 27.7 Å². The van der Waals surface area contributed by atoms with Crippen LogP contribution in [-0.4, -0.2) is 18.0 Å². The Morgan fingerprint density at radius 2 is 1.78 bits per heavy atom. The number of anilines is 1. The number of amides is 1. The first-order chi connectivity index (χ1) is 8.05. The number of nitrogens with one attached hydrogen (secondary N) is 1. The summed E-state index contributed by atoms with van der Waals surface area (Å²) in [6, 6.07) is 3.70. The van der Waals surface area contributed by atoms with Crippen LogP contribution in [0, 0.1) is 0 Å². The molecular formula is C9H4BrClF5NO. The number of carbonyl (C=O) groups is 1. The fourth-order valence-corrected chi connectivity index (χ4v) is 1.44. The molecule has 0 radical (unpaired) electrons. The van der Waals surface area contributed by atoms with Crippen molar-refractivity contribution in [3.63, 3.8) is 0 Å². The molecule has 1 aromatic rings. The van der Waals surface area contributed by atoms with Gasteiger partial charge in [-0.15, -0.1) is 0 Å². The van der Waals surface area contributed by atoms with Crippen LogP contribution < -0.4 is 5.32 Å². The van der Waals surface area contributed by atoms with E-state index in [1.54, 1.807) is 0 Å². The molecule has 0 aliphatic rings.